The molecule has 4 rings (SSSR count). The van der Waals surface area contributed by atoms with Crippen LogP contribution in [0.2, 0.25) is 0 Å². The van der Waals surface area contributed by atoms with E-state index in [9.17, 15) is 19.8 Å². The first-order valence-electron chi connectivity index (χ1n) is 10.2. The van der Waals surface area contributed by atoms with Gasteiger partial charge in [0.15, 0.2) is 11.5 Å². The summed E-state index contributed by atoms with van der Waals surface area (Å²) in [6, 6.07) is 14.8. The zero-order chi connectivity index (χ0) is 22.8. The Morgan fingerprint density at radius 1 is 1.12 bits per heavy atom. The highest BCUT2D eigenvalue weighted by Crippen LogP contribution is 2.42. The summed E-state index contributed by atoms with van der Waals surface area (Å²) >= 11 is 1.48. The molecule has 7 heteroatoms. The average Bonchev–Trinajstić information content (AvgIpc) is 3.38. The summed E-state index contributed by atoms with van der Waals surface area (Å²) in [6.07, 6.45) is 0. The molecule has 0 radical (unpaired) electrons. The third kappa shape index (κ3) is 3.99. The van der Waals surface area contributed by atoms with Gasteiger partial charge in [0.1, 0.15) is 5.76 Å². The van der Waals surface area contributed by atoms with E-state index in [4.69, 9.17) is 4.74 Å². The van der Waals surface area contributed by atoms with Gasteiger partial charge in [0.05, 0.1) is 24.8 Å². The fourth-order valence-corrected chi connectivity index (χ4v) is 4.50. The predicted octanol–water partition coefficient (Wildman–Crippen LogP) is 4.78. The maximum absolute atomic E-state index is 13.1. The molecule has 0 spiro atoms. The van der Waals surface area contributed by atoms with Crippen LogP contribution in [0.4, 0.5) is 0 Å². The van der Waals surface area contributed by atoms with Crippen LogP contribution in [-0.2, 0) is 16.1 Å². The van der Waals surface area contributed by atoms with E-state index in [2.05, 4.69) is 0 Å². The van der Waals surface area contributed by atoms with Gasteiger partial charge >= 0.3 is 0 Å². The number of phenolic OH excluding ortho intramolecular Hbond substituents is 1. The van der Waals surface area contributed by atoms with Crippen molar-refractivity contribution in [3.8, 4) is 11.5 Å². The second kappa shape index (κ2) is 8.88. The molecule has 1 amide bonds. The summed E-state index contributed by atoms with van der Waals surface area (Å²) in [5.74, 6) is -1.43. The molecule has 1 aliphatic rings. The lowest BCUT2D eigenvalue weighted by atomic mass is 9.94. The Balaban J connectivity index is 1.88. The maximum Gasteiger partial charge on any atom is 0.295 e. The Hall–Kier alpha value is -3.58. The molecule has 1 atom stereocenters. The van der Waals surface area contributed by atoms with Crippen molar-refractivity contribution in [3.63, 3.8) is 0 Å². The molecule has 1 fully saturated rings. The van der Waals surface area contributed by atoms with Crippen molar-refractivity contribution in [2.24, 2.45) is 0 Å². The lowest BCUT2D eigenvalue weighted by Crippen LogP contribution is -2.28. The normalized spacial score (nSPS) is 17.7. The highest BCUT2D eigenvalue weighted by Gasteiger charge is 2.46. The summed E-state index contributed by atoms with van der Waals surface area (Å²) in [5, 5.41) is 23.1. The first-order chi connectivity index (χ1) is 15.4. The fourth-order valence-electron chi connectivity index (χ4n) is 3.80. The first-order valence-corrected chi connectivity index (χ1v) is 11.1. The number of aliphatic hydroxyl groups excluding tert-OH is 1. The number of rotatable bonds is 6. The number of phenols is 1. The summed E-state index contributed by atoms with van der Waals surface area (Å²) in [7, 11) is 0. The van der Waals surface area contributed by atoms with E-state index in [0.717, 1.165) is 10.4 Å². The van der Waals surface area contributed by atoms with Crippen LogP contribution in [0.15, 0.2) is 65.6 Å². The molecule has 3 aromatic rings. The van der Waals surface area contributed by atoms with Gasteiger partial charge < -0.3 is 19.8 Å². The van der Waals surface area contributed by atoms with Crippen molar-refractivity contribution in [3.05, 3.63) is 87.1 Å². The number of benzene rings is 2. The molecule has 1 aliphatic heterocycles. The van der Waals surface area contributed by atoms with Crippen LogP contribution in [0.1, 0.15) is 34.5 Å². The zero-order valence-corrected chi connectivity index (χ0v) is 18.6. The SMILES string of the molecule is CCOc1cc(C2/C(=C(/O)c3ccc(C)cc3)C(=O)C(=O)N2Cc2cccs2)ccc1O. The number of ether oxygens (including phenoxy) is 1. The monoisotopic (exact) mass is 449 g/mol. The number of hydrogen-bond donors (Lipinski definition) is 2. The number of Topliss-reactive ketones (excluding diaryl/α,β-unsaturated/α-hetero) is 1. The van der Waals surface area contributed by atoms with Gasteiger partial charge in [0, 0.05) is 10.4 Å². The zero-order valence-electron chi connectivity index (χ0n) is 17.7. The Morgan fingerprint density at radius 2 is 1.88 bits per heavy atom. The second-order valence-corrected chi connectivity index (χ2v) is 8.56. The molecule has 2 N–H and O–H groups in total. The molecule has 6 nitrogen and oxygen atoms in total. The number of ketones is 1. The number of likely N-dealkylation sites (tertiary alicyclic amines) is 1. The van der Waals surface area contributed by atoms with Gasteiger partial charge in [-0.05, 0) is 43.0 Å². The van der Waals surface area contributed by atoms with E-state index in [1.165, 1.54) is 22.3 Å². The van der Waals surface area contributed by atoms with Crippen molar-refractivity contribution >= 4 is 28.8 Å². The van der Waals surface area contributed by atoms with Crippen molar-refractivity contribution in [1.29, 1.82) is 0 Å². The smallest absolute Gasteiger partial charge is 0.295 e. The molecule has 2 heterocycles. The van der Waals surface area contributed by atoms with E-state index < -0.39 is 17.7 Å². The largest absolute Gasteiger partial charge is 0.507 e. The van der Waals surface area contributed by atoms with E-state index in [-0.39, 0.29) is 29.4 Å². The number of carbonyl (C=O) groups excluding carboxylic acids is 2. The molecular formula is C25H23NO5S. The Bertz CT molecular complexity index is 1180. The van der Waals surface area contributed by atoms with Crippen LogP contribution in [0, 0.1) is 6.92 Å². The minimum Gasteiger partial charge on any atom is -0.507 e. The lowest BCUT2D eigenvalue weighted by Gasteiger charge is -2.25. The summed E-state index contributed by atoms with van der Waals surface area (Å²) in [4.78, 5) is 28.5. The number of hydrogen-bond acceptors (Lipinski definition) is 6. The van der Waals surface area contributed by atoms with Crippen molar-refractivity contribution in [1.82, 2.24) is 4.90 Å². The first kappa shape index (κ1) is 21.6. The number of aryl methyl sites for hydroxylation is 1. The highest BCUT2D eigenvalue weighted by molar-refractivity contribution is 7.09. The Labute approximate surface area is 190 Å². The number of aliphatic hydroxyl groups is 1. The van der Waals surface area contributed by atoms with Crippen LogP contribution in [0.25, 0.3) is 5.76 Å². The minimum absolute atomic E-state index is 0.0172. The van der Waals surface area contributed by atoms with E-state index in [1.807, 2.05) is 36.6 Å². The molecular weight excluding hydrogens is 426 g/mol. The third-order valence-electron chi connectivity index (χ3n) is 5.37. The number of aromatic hydroxyl groups is 1. The van der Waals surface area contributed by atoms with Gasteiger partial charge in [-0.2, -0.15) is 0 Å². The second-order valence-electron chi connectivity index (χ2n) is 7.53. The predicted molar refractivity (Wildman–Crippen MR) is 123 cm³/mol. The number of amides is 1. The molecule has 1 saturated heterocycles. The molecule has 32 heavy (non-hydrogen) atoms. The van der Waals surface area contributed by atoms with Gasteiger partial charge in [0.2, 0.25) is 0 Å². The van der Waals surface area contributed by atoms with Gasteiger partial charge in [-0.3, -0.25) is 9.59 Å². The van der Waals surface area contributed by atoms with Crippen LogP contribution in [0.5, 0.6) is 11.5 Å². The van der Waals surface area contributed by atoms with Crippen LogP contribution in [0.3, 0.4) is 0 Å². The molecule has 2 aromatic carbocycles. The number of thiophene rings is 1. The van der Waals surface area contributed by atoms with Gasteiger partial charge in [-0.15, -0.1) is 11.3 Å². The summed E-state index contributed by atoms with van der Waals surface area (Å²) < 4.78 is 5.51. The van der Waals surface area contributed by atoms with Gasteiger partial charge in [-0.1, -0.05) is 42.0 Å². The molecule has 1 aromatic heterocycles. The summed E-state index contributed by atoms with van der Waals surface area (Å²) in [5.41, 5.74) is 2.05. The number of nitrogens with zero attached hydrogens (tertiary/aromatic N) is 1. The van der Waals surface area contributed by atoms with Crippen molar-refractivity contribution in [2.45, 2.75) is 26.4 Å². The Morgan fingerprint density at radius 3 is 2.53 bits per heavy atom. The van der Waals surface area contributed by atoms with E-state index in [1.54, 1.807) is 31.2 Å². The van der Waals surface area contributed by atoms with Crippen molar-refractivity contribution < 1.29 is 24.5 Å². The third-order valence-corrected chi connectivity index (χ3v) is 6.23. The van der Waals surface area contributed by atoms with Crippen molar-refractivity contribution in [2.75, 3.05) is 6.61 Å². The average molecular weight is 450 g/mol. The molecule has 0 bridgehead atoms. The maximum atomic E-state index is 13.1. The molecule has 0 saturated carbocycles. The number of carbonyl (C=O) groups is 2. The lowest BCUT2D eigenvalue weighted by molar-refractivity contribution is -0.140. The molecule has 0 aliphatic carbocycles. The van der Waals surface area contributed by atoms with Gasteiger partial charge in [0.25, 0.3) is 11.7 Å². The van der Waals surface area contributed by atoms with Crippen LogP contribution in [-0.4, -0.2) is 33.4 Å². The molecule has 1 unspecified atom stereocenters. The van der Waals surface area contributed by atoms with E-state index in [0.29, 0.717) is 17.7 Å². The fraction of sp³-hybridized carbons (Fsp3) is 0.200. The standard InChI is InChI=1S/C25H23NO5S/c1-3-31-20-13-17(10-11-19(20)27)22-21(23(28)16-8-6-15(2)7-9-16)24(29)25(30)26(22)14-18-5-4-12-32-18/h4-13,22,27-28H,3,14H2,1-2H3/b23-21-. The van der Waals surface area contributed by atoms with Crippen LogP contribution >= 0.6 is 11.3 Å². The molecule has 164 valence electrons. The van der Waals surface area contributed by atoms with Crippen LogP contribution < -0.4 is 4.74 Å². The quantitative estimate of drug-likeness (QED) is 0.321. The minimum atomic E-state index is -0.821. The summed E-state index contributed by atoms with van der Waals surface area (Å²) in [6.45, 7) is 4.29. The topological polar surface area (TPSA) is 87.1 Å². The highest BCUT2D eigenvalue weighted by atomic mass is 32.1. The Kier molecular flexibility index (Phi) is 6.01. The van der Waals surface area contributed by atoms with Gasteiger partial charge in [-0.25, -0.2) is 0 Å². The van der Waals surface area contributed by atoms with E-state index >= 15 is 0 Å².